The van der Waals surface area contributed by atoms with Crippen LogP contribution < -0.4 is 10.1 Å². The first-order chi connectivity index (χ1) is 10.1. The van der Waals surface area contributed by atoms with Crippen molar-refractivity contribution in [2.24, 2.45) is 17.8 Å². The van der Waals surface area contributed by atoms with Gasteiger partial charge in [0.05, 0.1) is 7.11 Å². The van der Waals surface area contributed by atoms with Crippen molar-refractivity contribution in [2.45, 2.75) is 51.6 Å². The molecule has 5 unspecified atom stereocenters. The molecular formula is C18H26FNO. The molecule has 2 aliphatic carbocycles. The first-order valence-electron chi connectivity index (χ1n) is 8.18. The van der Waals surface area contributed by atoms with Gasteiger partial charge < -0.3 is 10.1 Å². The summed E-state index contributed by atoms with van der Waals surface area (Å²) in [4.78, 5) is 0. The van der Waals surface area contributed by atoms with Crippen LogP contribution in [0.25, 0.3) is 0 Å². The number of ether oxygens (including phenoxy) is 1. The minimum atomic E-state index is -0.281. The maximum Gasteiger partial charge on any atom is 0.165 e. The zero-order valence-corrected chi connectivity index (χ0v) is 13.2. The van der Waals surface area contributed by atoms with Crippen LogP contribution in [0.1, 0.15) is 51.1 Å². The molecule has 0 heterocycles. The van der Waals surface area contributed by atoms with Gasteiger partial charge in [0.25, 0.3) is 0 Å². The van der Waals surface area contributed by atoms with Gasteiger partial charge in [-0.25, -0.2) is 4.39 Å². The van der Waals surface area contributed by atoms with E-state index in [1.807, 2.05) is 6.07 Å². The molecule has 1 aromatic carbocycles. The molecule has 1 aromatic rings. The minimum absolute atomic E-state index is 0.166. The lowest BCUT2D eigenvalue weighted by molar-refractivity contribution is 0.248. The molecule has 0 radical (unpaired) electrons. The number of fused-ring (bicyclic) bond motifs is 2. The molecule has 3 heteroatoms. The van der Waals surface area contributed by atoms with Crippen LogP contribution in [0.4, 0.5) is 4.39 Å². The summed E-state index contributed by atoms with van der Waals surface area (Å²) in [5.74, 6) is 2.72. The van der Waals surface area contributed by atoms with Crippen molar-refractivity contribution in [1.29, 1.82) is 0 Å². The Bertz CT molecular complexity index is 504. The average molecular weight is 291 g/mol. The first kappa shape index (κ1) is 14.8. The summed E-state index contributed by atoms with van der Waals surface area (Å²) in [5.41, 5.74) is 0.989. The second-order valence-corrected chi connectivity index (χ2v) is 6.91. The van der Waals surface area contributed by atoms with Crippen molar-refractivity contribution in [1.82, 2.24) is 5.32 Å². The van der Waals surface area contributed by atoms with E-state index < -0.39 is 0 Å². The second-order valence-electron chi connectivity index (χ2n) is 6.91. The van der Waals surface area contributed by atoms with E-state index >= 15 is 0 Å². The second kappa shape index (κ2) is 5.96. The Morgan fingerprint density at radius 1 is 1.24 bits per heavy atom. The maximum absolute atomic E-state index is 13.8. The Hall–Kier alpha value is -1.09. The number of hydrogen-bond acceptors (Lipinski definition) is 2. The van der Waals surface area contributed by atoms with Crippen LogP contribution in [0.2, 0.25) is 0 Å². The van der Waals surface area contributed by atoms with E-state index in [9.17, 15) is 4.39 Å². The van der Waals surface area contributed by atoms with Gasteiger partial charge in [-0.2, -0.15) is 0 Å². The van der Waals surface area contributed by atoms with Gasteiger partial charge in [-0.05, 0) is 68.6 Å². The van der Waals surface area contributed by atoms with Crippen molar-refractivity contribution in [2.75, 3.05) is 7.11 Å². The normalized spacial score (nSPS) is 30.4. The monoisotopic (exact) mass is 291 g/mol. The third kappa shape index (κ3) is 2.94. The lowest BCUT2D eigenvalue weighted by Crippen LogP contribution is -2.37. The van der Waals surface area contributed by atoms with Crippen LogP contribution >= 0.6 is 0 Å². The Morgan fingerprint density at radius 3 is 2.62 bits per heavy atom. The van der Waals surface area contributed by atoms with Gasteiger partial charge in [0.15, 0.2) is 11.6 Å². The summed E-state index contributed by atoms with van der Waals surface area (Å²) in [6.45, 7) is 4.41. The van der Waals surface area contributed by atoms with E-state index in [-0.39, 0.29) is 11.9 Å². The Morgan fingerprint density at radius 2 is 2.05 bits per heavy atom. The van der Waals surface area contributed by atoms with E-state index in [4.69, 9.17) is 4.74 Å². The van der Waals surface area contributed by atoms with Crippen molar-refractivity contribution >= 4 is 0 Å². The lowest BCUT2D eigenvalue weighted by Gasteiger charge is -2.31. The van der Waals surface area contributed by atoms with Gasteiger partial charge in [0.1, 0.15) is 0 Å². The van der Waals surface area contributed by atoms with Crippen molar-refractivity contribution in [3.8, 4) is 5.75 Å². The number of nitrogens with one attached hydrogen (secondary N) is 1. The zero-order chi connectivity index (χ0) is 15.0. The first-order valence-corrected chi connectivity index (χ1v) is 8.18. The number of halogens is 1. The SMILES string of the molecule is COc1ccc(C(C)NC(C)C2CC3CCC2C3)cc1F. The van der Waals surface area contributed by atoms with Gasteiger partial charge >= 0.3 is 0 Å². The largest absolute Gasteiger partial charge is 0.494 e. The minimum Gasteiger partial charge on any atom is -0.494 e. The lowest BCUT2D eigenvalue weighted by atomic mass is 9.83. The number of methoxy groups -OCH3 is 1. The van der Waals surface area contributed by atoms with E-state index in [0.29, 0.717) is 11.8 Å². The van der Waals surface area contributed by atoms with Gasteiger partial charge in [0, 0.05) is 12.1 Å². The molecular weight excluding hydrogens is 265 g/mol. The summed E-state index contributed by atoms with van der Waals surface area (Å²) in [5, 5.41) is 3.68. The molecule has 3 rings (SSSR count). The highest BCUT2D eigenvalue weighted by molar-refractivity contribution is 5.30. The predicted octanol–water partition coefficient (Wildman–Crippen LogP) is 4.31. The molecule has 2 bridgehead atoms. The molecule has 2 fully saturated rings. The number of rotatable bonds is 5. The van der Waals surface area contributed by atoms with Gasteiger partial charge in [0.2, 0.25) is 0 Å². The van der Waals surface area contributed by atoms with Crippen LogP contribution in [-0.4, -0.2) is 13.2 Å². The van der Waals surface area contributed by atoms with Crippen LogP contribution in [0.15, 0.2) is 18.2 Å². The number of hydrogen-bond donors (Lipinski definition) is 1. The molecule has 0 saturated heterocycles. The molecule has 0 amide bonds. The Kier molecular flexibility index (Phi) is 4.21. The van der Waals surface area contributed by atoms with Gasteiger partial charge in [-0.3, -0.25) is 0 Å². The smallest absolute Gasteiger partial charge is 0.165 e. The molecule has 0 aliphatic heterocycles. The fourth-order valence-corrected chi connectivity index (χ4v) is 4.47. The quantitative estimate of drug-likeness (QED) is 0.873. The highest BCUT2D eigenvalue weighted by Crippen LogP contribution is 2.49. The van der Waals surface area contributed by atoms with E-state index in [1.54, 1.807) is 12.1 Å². The summed E-state index contributed by atoms with van der Waals surface area (Å²) >= 11 is 0. The molecule has 5 atom stereocenters. The summed E-state index contributed by atoms with van der Waals surface area (Å²) in [6, 6.07) is 5.92. The molecule has 2 aliphatic rings. The van der Waals surface area contributed by atoms with Crippen LogP contribution in [0.5, 0.6) is 5.75 Å². The van der Waals surface area contributed by atoms with E-state index in [1.165, 1.54) is 32.8 Å². The molecule has 2 nitrogen and oxygen atoms in total. The fraction of sp³-hybridized carbons (Fsp3) is 0.667. The zero-order valence-electron chi connectivity index (χ0n) is 13.2. The summed E-state index contributed by atoms with van der Waals surface area (Å²) < 4.78 is 18.8. The summed E-state index contributed by atoms with van der Waals surface area (Å²) in [6.07, 6.45) is 5.66. The summed E-state index contributed by atoms with van der Waals surface area (Å²) in [7, 11) is 1.50. The third-order valence-electron chi connectivity index (χ3n) is 5.62. The molecule has 0 aromatic heterocycles. The number of benzene rings is 1. The van der Waals surface area contributed by atoms with E-state index in [0.717, 1.165) is 23.3 Å². The van der Waals surface area contributed by atoms with Crippen LogP contribution in [-0.2, 0) is 0 Å². The third-order valence-corrected chi connectivity index (χ3v) is 5.62. The van der Waals surface area contributed by atoms with E-state index in [2.05, 4.69) is 19.2 Å². The van der Waals surface area contributed by atoms with Crippen molar-refractivity contribution < 1.29 is 9.13 Å². The topological polar surface area (TPSA) is 21.3 Å². The van der Waals surface area contributed by atoms with Crippen molar-refractivity contribution in [3.63, 3.8) is 0 Å². The maximum atomic E-state index is 13.8. The molecule has 116 valence electrons. The van der Waals surface area contributed by atoms with Gasteiger partial charge in [-0.1, -0.05) is 12.5 Å². The molecule has 21 heavy (non-hydrogen) atoms. The highest BCUT2D eigenvalue weighted by atomic mass is 19.1. The highest BCUT2D eigenvalue weighted by Gasteiger charge is 2.41. The van der Waals surface area contributed by atoms with Gasteiger partial charge in [-0.15, -0.1) is 0 Å². The predicted molar refractivity (Wildman–Crippen MR) is 82.9 cm³/mol. The fourth-order valence-electron chi connectivity index (χ4n) is 4.47. The van der Waals surface area contributed by atoms with Crippen LogP contribution in [0, 0.1) is 23.6 Å². The molecule has 0 spiro atoms. The molecule has 2 saturated carbocycles. The standard InChI is InChI=1S/C18H26FNO/c1-11(14-6-7-18(21-3)17(19)10-14)20-12(2)16-9-13-4-5-15(16)8-13/h6-7,10-13,15-16,20H,4-5,8-9H2,1-3H3. The Balaban J connectivity index is 1.63. The Labute approximate surface area is 127 Å². The van der Waals surface area contributed by atoms with Crippen LogP contribution in [0.3, 0.4) is 0 Å². The average Bonchev–Trinajstić information content (AvgIpc) is 3.09. The van der Waals surface area contributed by atoms with Crippen molar-refractivity contribution in [3.05, 3.63) is 29.6 Å². The molecule has 1 N–H and O–H groups in total.